The number of rotatable bonds is 6. The molecule has 0 aliphatic rings. The lowest BCUT2D eigenvalue weighted by atomic mass is 10.1. The van der Waals surface area contributed by atoms with E-state index < -0.39 is 24.3 Å². The molecule has 7 nitrogen and oxygen atoms in total. The van der Waals surface area contributed by atoms with E-state index in [1.165, 1.54) is 0 Å². The van der Waals surface area contributed by atoms with Crippen molar-refractivity contribution in [2.24, 2.45) is 10.4 Å². The Balaban J connectivity index is 2.83. The van der Waals surface area contributed by atoms with Gasteiger partial charge in [0.05, 0.1) is 6.42 Å². The number of benzene rings is 1. The van der Waals surface area contributed by atoms with Gasteiger partial charge in [-0.05, 0) is 6.92 Å². The fourth-order valence-electron chi connectivity index (χ4n) is 1.41. The van der Waals surface area contributed by atoms with E-state index in [1.54, 1.807) is 24.3 Å². The van der Waals surface area contributed by atoms with Crippen LogP contribution < -0.4 is 0 Å². The van der Waals surface area contributed by atoms with Gasteiger partial charge >= 0.3 is 5.91 Å². The molecule has 20 heavy (non-hydrogen) atoms. The van der Waals surface area contributed by atoms with Crippen LogP contribution in [0.15, 0.2) is 41.2 Å². The van der Waals surface area contributed by atoms with Crippen molar-refractivity contribution in [3.63, 3.8) is 0 Å². The summed E-state index contributed by atoms with van der Waals surface area (Å²) in [6.45, 7) is 5.50. The first-order valence-electron chi connectivity index (χ1n) is 5.64. The summed E-state index contributed by atoms with van der Waals surface area (Å²) in [6.07, 6.45) is -2.15. The molecule has 0 radical (unpaired) electrons. The van der Waals surface area contributed by atoms with Crippen LogP contribution in [0.3, 0.4) is 0 Å². The van der Waals surface area contributed by atoms with E-state index in [2.05, 4.69) is 16.9 Å². The smallest absolute Gasteiger partial charge is 0.327 e. The molecule has 1 unspecified atom stereocenters. The predicted molar refractivity (Wildman–Crippen MR) is 71.3 cm³/mol. The summed E-state index contributed by atoms with van der Waals surface area (Å²) in [4.78, 5) is 42.5. The van der Waals surface area contributed by atoms with E-state index in [9.17, 15) is 19.4 Å². The van der Waals surface area contributed by atoms with E-state index in [-0.39, 0.29) is 5.76 Å². The second-order valence-electron chi connectivity index (χ2n) is 4.01. The van der Waals surface area contributed by atoms with E-state index in [0.29, 0.717) is 5.56 Å². The lowest BCUT2D eigenvalue weighted by molar-refractivity contribution is -0.130. The minimum absolute atomic E-state index is 0.0886. The first-order valence-corrected chi connectivity index (χ1v) is 5.64. The number of nitrogens with zero attached hydrogens (tertiary/aromatic N) is 2. The van der Waals surface area contributed by atoms with Gasteiger partial charge in [0.1, 0.15) is 5.76 Å². The highest BCUT2D eigenvalue weighted by Crippen LogP contribution is 2.18. The van der Waals surface area contributed by atoms with Crippen LogP contribution in [0.4, 0.5) is 0 Å². The van der Waals surface area contributed by atoms with Gasteiger partial charge in [0.25, 0.3) is 5.91 Å². The van der Waals surface area contributed by atoms with Crippen LogP contribution >= 0.6 is 0 Å². The van der Waals surface area contributed by atoms with Crippen molar-refractivity contribution in [1.29, 1.82) is 0 Å². The van der Waals surface area contributed by atoms with Gasteiger partial charge < -0.3 is 4.74 Å². The Hall–Kier alpha value is -2.70. The molecule has 1 aromatic rings. The van der Waals surface area contributed by atoms with Gasteiger partial charge in [-0.25, -0.2) is 0 Å². The Kier molecular flexibility index (Phi) is 5.40. The third-order valence-electron chi connectivity index (χ3n) is 2.49. The van der Waals surface area contributed by atoms with Gasteiger partial charge in [-0.1, -0.05) is 36.4 Å². The molecule has 0 aromatic heterocycles. The molecule has 1 rings (SSSR count). The summed E-state index contributed by atoms with van der Waals surface area (Å²) >= 11 is 0. The minimum atomic E-state index is -1.49. The Bertz CT molecular complexity index is 550. The van der Waals surface area contributed by atoms with Gasteiger partial charge in [-0.3, -0.25) is 9.59 Å². The van der Waals surface area contributed by atoms with Crippen LogP contribution in [0, 0.1) is 16.7 Å². The van der Waals surface area contributed by atoms with Crippen LogP contribution in [0.2, 0.25) is 0 Å². The third kappa shape index (κ3) is 4.20. The number of carbonyl (C=O) groups is 2. The normalized spacial score (nSPS) is 11.2. The molecular weight excluding hydrogens is 264 g/mol. The van der Waals surface area contributed by atoms with Crippen LogP contribution in [-0.4, -0.2) is 17.9 Å². The lowest BCUT2D eigenvalue weighted by Crippen LogP contribution is -2.24. The number of hydrogen-bond donors (Lipinski definition) is 0. The number of aryl methyl sites for hydroxylation is 1. The maximum Gasteiger partial charge on any atom is 0.327 e. The van der Waals surface area contributed by atoms with Crippen molar-refractivity contribution in [2.75, 3.05) is 0 Å². The van der Waals surface area contributed by atoms with Gasteiger partial charge in [0, 0.05) is 15.9 Å². The Morgan fingerprint density at radius 1 is 1.20 bits per heavy atom. The summed E-state index contributed by atoms with van der Waals surface area (Å²) < 4.78 is 5.14. The zero-order chi connectivity index (χ0) is 15.1. The van der Waals surface area contributed by atoms with Crippen LogP contribution in [0.5, 0.6) is 0 Å². The fourth-order valence-corrected chi connectivity index (χ4v) is 1.41. The summed E-state index contributed by atoms with van der Waals surface area (Å²) in [6, 6.07) is 7.01. The third-order valence-corrected chi connectivity index (χ3v) is 2.49. The minimum Gasteiger partial charge on any atom is -0.480 e. The number of ether oxygens (including phenoxy) is 1. The van der Waals surface area contributed by atoms with Crippen LogP contribution in [0.25, 0.3) is 5.76 Å². The zero-order valence-electron chi connectivity index (χ0n) is 10.7. The molecule has 2 amide bonds. The first kappa shape index (κ1) is 15.4. The molecule has 104 valence electrons. The zero-order valence-corrected chi connectivity index (χ0v) is 10.7. The highest BCUT2D eigenvalue weighted by molar-refractivity contribution is 5.88. The molecule has 0 aliphatic carbocycles. The van der Waals surface area contributed by atoms with Crippen molar-refractivity contribution >= 4 is 17.6 Å². The summed E-state index contributed by atoms with van der Waals surface area (Å²) in [7, 11) is 0. The second-order valence-corrected chi connectivity index (χ2v) is 4.01. The van der Waals surface area contributed by atoms with Gasteiger partial charge in [-0.2, -0.15) is 0 Å². The van der Waals surface area contributed by atoms with E-state index >= 15 is 0 Å². The molecule has 0 spiro atoms. The van der Waals surface area contributed by atoms with Crippen molar-refractivity contribution in [2.45, 2.75) is 19.4 Å². The molecule has 0 heterocycles. The average Bonchev–Trinajstić information content (AvgIpc) is 2.46. The molecule has 0 saturated heterocycles. The Morgan fingerprint density at radius 3 is 2.30 bits per heavy atom. The summed E-state index contributed by atoms with van der Waals surface area (Å²) in [5, 5.41) is 4.33. The van der Waals surface area contributed by atoms with E-state index in [0.717, 1.165) is 5.56 Å². The Labute approximate surface area is 114 Å². The highest BCUT2D eigenvalue weighted by atomic mass is 16.5. The number of hydrogen-bond acceptors (Lipinski definition) is 5. The standard InChI is InChI=1S/C13H12N2O5/c1-8-3-5-10(6-4-8)9(2)20-11(13(17)15-19)7-12(16)14-18/h3-6,11H,2,7H2,1H3. The SMILES string of the molecule is C=C(OC(CC(=O)N=O)C(=O)N=O)c1ccc(C)cc1. The lowest BCUT2D eigenvalue weighted by Gasteiger charge is -2.15. The molecule has 0 fully saturated rings. The molecule has 0 N–H and O–H groups in total. The molecule has 7 heteroatoms. The maximum absolute atomic E-state index is 11.2. The van der Waals surface area contributed by atoms with Gasteiger partial charge in [-0.15, -0.1) is 9.81 Å². The number of nitroso groups, excluding NO2 is 2. The molecule has 1 aromatic carbocycles. The molecule has 1 atom stereocenters. The largest absolute Gasteiger partial charge is 0.480 e. The Morgan fingerprint density at radius 2 is 1.80 bits per heavy atom. The van der Waals surface area contributed by atoms with Gasteiger partial charge in [0.2, 0.25) is 0 Å². The highest BCUT2D eigenvalue weighted by Gasteiger charge is 2.26. The fraction of sp³-hybridized carbons (Fsp3) is 0.231. The number of amides is 2. The van der Waals surface area contributed by atoms with Crippen molar-refractivity contribution < 1.29 is 14.3 Å². The molecule has 0 saturated carbocycles. The van der Waals surface area contributed by atoms with Crippen molar-refractivity contribution in [1.82, 2.24) is 0 Å². The van der Waals surface area contributed by atoms with E-state index in [4.69, 9.17) is 4.74 Å². The van der Waals surface area contributed by atoms with Crippen LogP contribution in [-0.2, 0) is 14.3 Å². The quantitative estimate of drug-likeness (QED) is 0.586. The molecular formula is C13H12N2O5. The van der Waals surface area contributed by atoms with Crippen molar-refractivity contribution in [3.05, 3.63) is 51.8 Å². The predicted octanol–water partition coefficient (Wildman–Crippen LogP) is 2.33. The van der Waals surface area contributed by atoms with Gasteiger partial charge in [0.15, 0.2) is 6.10 Å². The second kappa shape index (κ2) is 7.03. The van der Waals surface area contributed by atoms with E-state index in [1.807, 2.05) is 6.92 Å². The average molecular weight is 276 g/mol. The maximum atomic E-state index is 11.2. The van der Waals surface area contributed by atoms with Crippen molar-refractivity contribution in [3.8, 4) is 0 Å². The summed E-state index contributed by atoms with van der Waals surface area (Å²) in [5.41, 5.74) is 1.59. The summed E-state index contributed by atoms with van der Waals surface area (Å²) in [5.74, 6) is -2.22. The monoisotopic (exact) mass is 276 g/mol. The molecule has 0 aliphatic heterocycles. The first-order chi connectivity index (χ1) is 9.47. The topological polar surface area (TPSA) is 102 Å². The number of carbonyl (C=O) groups excluding carboxylic acids is 2. The molecule has 0 bridgehead atoms. The van der Waals surface area contributed by atoms with Crippen LogP contribution in [0.1, 0.15) is 17.5 Å².